The van der Waals surface area contributed by atoms with Gasteiger partial charge in [-0.05, 0) is 65.2 Å². The molecule has 3 rings (SSSR count). The third-order valence-electron chi connectivity index (χ3n) is 5.10. The molecule has 1 amide bonds. The van der Waals surface area contributed by atoms with Crippen LogP contribution in [0.25, 0.3) is 11.2 Å². The van der Waals surface area contributed by atoms with E-state index in [-0.39, 0.29) is 12.1 Å². The highest BCUT2D eigenvalue weighted by Crippen LogP contribution is 2.25. The third-order valence-corrected chi connectivity index (χ3v) is 5.38. The zero-order valence-corrected chi connectivity index (χ0v) is 21.0. The quantitative estimate of drug-likeness (QED) is 0.484. The van der Waals surface area contributed by atoms with Crippen LogP contribution >= 0.6 is 11.6 Å². The van der Waals surface area contributed by atoms with E-state index in [1.165, 1.54) is 0 Å². The summed E-state index contributed by atoms with van der Waals surface area (Å²) in [5.74, 6) is 0. The number of piperidine rings is 1. The number of aliphatic imine (C=N–C) groups is 1. The van der Waals surface area contributed by atoms with E-state index < -0.39 is 5.60 Å². The number of allylic oxidation sites excluding steroid dienone is 1. The molecular formula is C24H36ClN5O2. The number of fused-ring (bicyclic) bond motifs is 1. The monoisotopic (exact) mass is 461 g/mol. The zero-order chi connectivity index (χ0) is 24.1. The summed E-state index contributed by atoms with van der Waals surface area (Å²) in [6, 6.07) is 3.97. The summed E-state index contributed by atoms with van der Waals surface area (Å²) >= 11 is 6.46. The SMILES string of the molecule is CC.CC(=NC1CCN(C(=O)OC(C)(C)C)CC1)/C(=C\N)c1cc(Cl)n2c(C)cnc2c1. The minimum Gasteiger partial charge on any atom is -0.444 e. The Kier molecular flexibility index (Phi) is 8.73. The van der Waals surface area contributed by atoms with Crippen LogP contribution in [0.4, 0.5) is 4.79 Å². The van der Waals surface area contributed by atoms with Crippen molar-refractivity contribution in [1.29, 1.82) is 0 Å². The van der Waals surface area contributed by atoms with Crippen LogP contribution in [0.5, 0.6) is 0 Å². The van der Waals surface area contributed by atoms with Crippen LogP contribution < -0.4 is 5.73 Å². The molecule has 0 aliphatic carbocycles. The summed E-state index contributed by atoms with van der Waals surface area (Å²) in [4.78, 5) is 23.3. The number of carbonyl (C=O) groups excluding carboxylic acids is 1. The first kappa shape index (κ1) is 25.7. The van der Waals surface area contributed by atoms with Gasteiger partial charge >= 0.3 is 6.09 Å². The minimum atomic E-state index is -0.487. The Hall–Kier alpha value is -2.54. The lowest BCUT2D eigenvalue weighted by Crippen LogP contribution is -2.42. The van der Waals surface area contributed by atoms with Gasteiger partial charge in [-0.2, -0.15) is 0 Å². The standard InChI is InChI=1S/C22H30ClN5O2.C2H6/c1-14-13-25-20-11-16(10-19(23)28(14)20)18(12-24)15(2)26-17-6-8-27(9-7-17)21(29)30-22(3,4)5;1-2/h10-13,17H,6-9,24H2,1-5H3;1-2H3/b18-12+,26-15?;. The first-order chi connectivity index (χ1) is 15.1. The number of imidazole rings is 1. The fourth-order valence-electron chi connectivity index (χ4n) is 3.64. The van der Waals surface area contributed by atoms with Gasteiger partial charge in [-0.15, -0.1) is 0 Å². The van der Waals surface area contributed by atoms with Crippen molar-refractivity contribution in [2.24, 2.45) is 10.7 Å². The van der Waals surface area contributed by atoms with Crippen LogP contribution in [0.15, 0.2) is 29.5 Å². The maximum absolute atomic E-state index is 12.2. The van der Waals surface area contributed by atoms with Crippen LogP contribution in [0, 0.1) is 6.92 Å². The maximum atomic E-state index is 12.2. The van der Waals surface area contributed by atoms with Crippen molar-refractivity contribution in [2.75, 3.05) is 13.1 Å². The molecule has 1 fully saturated rings. The van der Waals surface area contributed by atoms with Gasteiger partial charge in [-0.1, -0.05) is 25.4 Å². The highest BCUT2D eigenvalue weighted by Gasteiger charge is 2.27. The van der Waals surface area contributed by atoms with E-state index in [9.17, 15) is 4.79 Å². The van der Waals surface area contributed by atoms with E-state index >= 15 is 0 Å². The van der Waals surface area contributed by atoms with Crippen molar-refractivity contribution < 1.29 is 9.53 Å². The molecule has 0 aromatic carbocycles. The molecule has 0 bridgehead atoms. The number of hydrogen-bond donors (Lipinski definition) is 1. The highest BCUT2D eigenvalue weighted by atomic mass is 35.5. The van der Waals surface area contributed by atoms with Gasteiger partial charge in [0.25, 0.3) is 0 Å². The lowest BCUT2D eigenvalue weighted by Gasteiger charge is -2.32. The van der Waals surface area contributed by atoms with E-state index in [0.717, 1.165) is 41.0 Å². The molecule has 0 atom stereocenters. The molecule has 2 aromatic rings. The number of aryl methyl sites for hydroxylation is 1. The van der Waals surface area contributed by atoms with Gasteiger partial charge in [0, 0.05) is 42.5 Å². The van der Waals surface area contributed by atoms with Crippen molar-refractivity contribution in [3.63, 3.8) is 0 Å². The molecule has 2 aromatic heterocycles. The normalized spacial score (nSPS) is 16.1. The fraction of sp³-hybridized carbons (Fsp3) is 0.542. The molecule has 8 heteroatoms. The molecule has 3 heterocycles. The van der Waals surface area contributed by atoms with Crippen LogP contribution in [0.3, 0.4) is 0 Å². The van der Waals surface area contributed by atoms with Crippen LogP contribution in [-0.2, 0) is 4.74 Å². The number of nitrogens with two attached hydrogens (primary N) is 1. The molecule has 0 radical (unpaired) electrons. The lowest BCUT2D eigenvalue weighted by molar-refractivity contribution is 0.0207. The first-order valence-corrected chi connectivity index (χ1v) is 11.6. The Labute approximate surface area is 196 Å². The number of carbonyl (C=O) groups is 1. The van der Waals surface area contributed by atoms with Gasteiger partial charge in [-0.3, -0.25) is 9.39 Å². The summed E-state index contributed by atoms with van der Waals surface area (Å²) in [5.41, 5.74) is 9.76. The van der Waals surface area contributed by atoms with E-state index in [0.29, 0.717) is 18.2 Å². The second-order valence-corrected chi connectivity index (χ2v) is 9.04. The largest absolute Gasteiger partial charge is 0.444 e. The number of ether oxygens (including phenoxy) is 1. The van der Waals surface area contributed by atoms with E-state index in [1.54, 1.807) is 17.3 Å². The first-order valence-electron chi connectivity index (χ1n) is 11.2. The van der Waals surface area contributed by atoms with Gasteiger partial charge in [0.15, 0.2) is 0 Å². The number of hydrogen-bond acceptors (Lipinski definition) is 5. The van der Waals surface area contributed by atoms with Crippen molar-refractivity contribution in [2.45, 2.75) is 73.0 Å². The molecule has 1 aliphatic rings. The van der Waals surface area contributed by atoms with Crippen LogP contribution in [0.1, 0.15) is 65.6 Å². The summed E-state index contributed by atoms with van der Waals surface area (Å²) in [6.45, 7) is 14.8. The topological polar surface area (TPSA) is 85.2 Å². The van der Waals surface area contributed by atoms with Gasteiger partial charge in [0.1, 0.15) is 16.4 Å². The lowest BCUT2D eigenvalue weighted by atomic mass is 10.0. The molecule has 0 saturated carbocycles. The number of likely N-dealkylation sites (tertiary alicyclic amines) is 1. The summed E-state index contributed by atoms with van der Waals surface area (Å²) in [7, 11) is 0. The molecule has 1 aliphatic heterocycles. The Morgan fingerprint density at radius 1 is 1.28 bits per heavy atom. The maximum Gasteiger partial charge on any atom is 0.410 e. The second kappa shape index (κ2) is 10.9. The van der Waals surface area contributed by atoms with Crippen molar-refractivity contribution in [3.8, 4) is 0 Å². The number of amides is 1. The summed E-state index contributed by atoms with van der Waals surface area (Å²) in [6.07, 6.45) is 4.66. The molecule has 1 saturated heterocycles. The number of halogens is 1. The fourth-order valence-corrected chi connectivity index (χ4v) is 3.98. The number of pyridine rings is 1. The number of rotatable bonds is 3. The Bertz CT molecular complexity index is 996. The molecule has 7 nitrogen and oxygen atoms in total. The van der Waals surface area contributed by atoms with Crippen molar-refractivity contribution in [1.82, 2.24) is 14.3 Å². The van der Waals surface area contributed by atoms with E-state index in [4.69, 9.17) is 27.1 Å². The van der Waals surface area contributed by atoms with Crippen LogP contribution in [-0.4, -0.2) is 50.8 Å². The van der Waals surface area contributed by atoms with Gasteiger partial charge in [-0.25, -0.2) is 9.78 Å². The van der Waals surface area contributed by atoms with E-state index in [2.05, 4.69) is 4.98 Å². The predicted molar refractivity (Wildman–Crippen MR) is 132 cm³/mol. The number of nitrogens with zero attached hydrogens (tertiary/aromatic N) is 4. The Morgan fingerprint density at radius 2 is 1.91 bits per heavy atom. The van der Waals surface area contributed by atoms with Gasteiger partial charge in [0.2, 0.25) is 0 Å². The molecule has 176 valence electrons. The van der Waals surface area contributed by atoms with Gasteiger partial charge < -0.3 is 15.4 Å². The second-order valence-electron chi connectivity index (χ2n) is 8.65. The van der Waals surface area contributed by atoms with Crippen molar-refractivity contribution >= 4 is 34.6 Å². The van der Waals surface area contributed by atoms with Crippen LogP contribution in [0.2, 0.25) is 5.15 Å². The zero-order valence-electron chi connectivity index (χ0n) is 20.3. The third kappa shape index (κ3) is 6.25. The average molecular weight is 462 g/mol. The Morgan fingerprint density at radius 3 is 2.47 bits per heavy atom. The summed E-state index contributed by atoms with van der Waals surface area (Å²) in [5, 5.41) is 0.579. The number of aromatic nitrogens is 2. The highest BCUT2D eigenvalue weighted by molar-refractivity contribution is 6.30. The van der Waals surface area contributed by atoms with E-state index in [1.807, 2.05) is 65.0 Å². The summed E-state index contributed by atoms with van der Waals surface area (Å²) < 4.78 is 7.35. The predicted octanol–water partition coefficient (Wildman–Crippen LogP) is 5.48. The smallest absolute Gasteiger partial charge is 0.410 e. The Balaban J connectivity index is 0.00000176. The average Bonchev–Trinajstić information content (AvgIpc) is 3.10. The molecule has 32 heavy (non-hydrogen) atoms. The minimum absolute atomic E-state index is 0.131. The molecule has 2 N–H and O–H groups in total. The molecular weight excluding hydrogens is 426 g/mol. The van der Waals surface area contributed by atoms with Gasteiger partial charge in [0.05, 0.1) is 6.04 Å². The van der Waals surface area contributed by atoms with Crippen molar-refractivity contribution in [3.05, 3.63) is 40.9 Å². The molecule has 0 unspecified atom stereocenters. The molecule has 0 spiro atoms.